The molecule has 0 atom stereocenters. The van der Waals surface area contributed by atoms with Gasteiger partial charge in [0.15, 0.2) is 0 Å². The Morgan fingerprint density at radius 2 is 1.78 bits per heavy atom. The fraction of sp³-hybridized carbons (Fsp3) is 0.350. The van der Waals surface area contributed by atoms with Crippen LogP contribution in [0, 0.1) is 0 Å². The quantitative estimate of drug-likeness (QED) is 0.689. The minimum Gasteiger partial charge on any atom is -0.469 e. The summed E-state index contributed by atoms with van der Waals surface area (Å²) in [6.07, 6.45) is 0.886. The number of hydrogen-bond donors (Lipinski definition) is 1. The van der Waals surface area contributed by atoms with Gasteiger partial charge in [-0.05, 0) is 24.5 Å². The van der Waals surface area contributed by atoms with Crippen LogP contribution in [-0.2, 0) is 25.5 Å². The monoisotopic (exact) mass is 389 g/mol. The van der Waals surface area contributed by atoms with Crippen molar-refractivity contribution in [2.45, 2.75) is 33.1 Å². The molecule has 144 valence electrons. The summed E-state index contributed by atoms with van der Waals surface area (Å²) in [5.41, 5.74) is 3.12. The topological polar surface area (TPSA) is 81.7 Å². The normalized spacial score (nSPS) is 10.3. The number of esters is 2. The van der Waals surface area contributed by atoms with E-state index >= 15 is 0 Å². The number of carbonyl (C=O) groups is 3. The van der Waals surface area contributed by atoms with Gasteiger partial charge in [-0.25, -0.2) is 4.79 Å². The maximum Gasteiger partial charge on any atom is 0.341 e. The van der Waals surface area contributed by atoms with Crippen molar-refractivity contribution in [3.05, 3.63) is 40.8 Å². The van der Waals surface area contributed by atoms with Gasteiger partial charge in [0.2, 0.25) is 5.91 Å². The van der Waals surface area contributed by atoms with Gasteiger partial charge in [-0.2, -0.15) is 0 Å². The average molecular weight is 389 g/mol. The Hall–Kier alpha value is -2.67. The van der Waals surface area contributed by atoms with Gasteiger partial charge in [0, 0.05) is 17.4 Å². The lowest BCUT2D eigenvalue weighted by Gasteiger charge is -2.09. The van der Waals surface area contributed by atoms with Crippen LogP contribution in [0.5, 0.6) is 0 Å². The van der Waals surface area contributed by atoms with E-state index in [1.54, 1.807) is 6.92 Å². The highest BCUT2D eigenvalue weighted by atomic mass is 32.1. The maximum atomic E-state index is 12.5. The molecule has 1 aromatic carbocycles. The standard InChI is InChI=1S/C20H23NO5S/c1-4-13-6-8-14(9-7-13)15-12-27-19(18(15)20(24)26-5-2)21-16(22)10-11-17(23)25-3/h6-9,12H,4-5,10-11H2,1-3H3,(H,21,22). The number of amides is 1. The first-order valence-corrected chi connectivity index (χ1v) is 9.62. The Bertz CT molecular complexity index is 810. The zero-order chi connectivity index (χ0) is 19.8. The highest BCUT2D eigenvalue weighted by Gasteiger charge is 2.23. The molecule has 27 heavy (non-hydrogen) atoms. The molecule has 2 rings (SSSR count). The van der Waals surface area contributed by atoms with Crippen LogP contribution in [0.25, 0.3) is 11.1 Å². The molecular weight excluding hydrogens is 366 g/mol. The lowest BCUT2D eigenvalue weighted by molar-refractivity contribution is -0.141. The van der Waals surface area contributed by atoms with Gasteiger partial charge < -0.3 is 14.8 Å². The van der Waals surface area contributed by atoms with Crippen LogP contribution in [0.1, 0.15) is 42.6 Å². The molecular formula is C20H23NO5S. The van der Waals surface area contributed by atoms with Gasteiger partial charge >= 0.3 is 11.9 Å². The van der Waals surface area contributed by atoms with Crippen molar-refractivity contribution >= 4 is 34.2 Å². The molecule has 2 aromatic rings. The van der Waals surface area contributed by atoms with Crippen LogP contribution in [-0.4, -0.2) is 31.6 Å². The number of benzene rings is 1. The van der Waals surface area contributed by atoms with Crippen molar-refractivity contribution in [1.29, 1.82) is 0 Å². The van der Waals surface area contributed by atoms with E-state index in [9.17, 15) is 14.4 Å². The van der Waals surface area contributed by atoms with Gasteiger partial charge in [0.1, 0.15) is 10.6 Å². The molecule has 0 saturated heterocycles. The number of thiophene rings is 1. The number of methoxy groups -OCH3 is 1. The summed E-state index contributed by atoms with van der Waals surface area (Å²) >= 11 is 1.25. The van der Waals surface area contributed by atoms with E-state index < -0.39 is 11.9 Å². The number of nitrogens with one attached hydrogen (secondary N) is 1. The second-order valence-corrected chi connectivity index (χ2v) is 6.63. The number of aryl methyl sites for hydroxylation is 1. The van der Waals surface area contributed by atoms with Crippen LogP contribution in [0.3, 0.4) is 0 Å². The fourth-order valence-corrected chi connectivity index (χ4v) is 3.47. The second kappa shape index (κ2) is 9.87. The third-order valence-corrected chi connectivity index (χ3v) is 4.88. The highest BCUT2D eigenvalue weighted by Crippen LogP contribution is 2.36. The molecule has 0 bridgehead atoms. The first kappa shape index (κ1) is 20.6. The minimum atomic E-state index is -0.489. The van der Waals surface area contributed by atoms with E-state index in [0.717, 1.165) is 12.0 Å². The largest absolute Gasteiger partial charge is 0.469 e. The molecule has 0 aliphatic rings. The number of ether oxygens (including phenoxy) is 2. The molecule has 0 aliphatic carbocycles. The van der Waals surface area contributed by atoms with Crippen LogP contribution in [0.2, 0.25) is 0 Å². The number of carbonyl (C=O) groups excluding carboxylic acids is 3. The van der Waals surface area contributed by atoms with Crippen molar-refractivity contribution in [3.63, 3.8) is 0 Å². The van der Waals surface area contributed by atoms with Crippen LogP contribution < -0.4 is 5.32 Å². The van der Waals surface area contributed by atoms with E-state index in [1.807, 2.05) is 29.6 Å². The smallest absolute Gasteiger partial charge is 0.341 e. The first-order chi connectivity index (χ1) is 13.0. The number of anilines is 1. The van der Waals surface area contributed by atoms with E-state index in [0.29, 0.717) is 16.1 Å². The van der Waals surface area contributed by atoms with Gasteiger partial charge in [-0.15, -0.1) is 11.3 Å². The van der Waals surface area contributed by atoms with Crippen molar-refractivity contribution in [1.82, 2.24) is 0 Å². The second-order valence-electron chi connectivity index (χ2n) is 5.75. The molecule has 1 aromatic heterocycles. The lowest BCUT2D eigenvalue weighted by atomic mass is 10.0. The minimum absolute atomic E-state index is 0.0201. The molecule has 1 amide bonds. The van der Waals surface area contributed by atoms with E-state index in [1.165, 1.54) is 24.0 Å². The zero-order valence-corrected chi connectivity index (χ0v) is 16.5. The molecule has 1 N–H and O–H groups in total. The highest BCUT2D eigenvalue weighted by molar-refractivity contribution is 7.15. The summed E-state index contributed by atoms with van der Waals surface area (Å²) in [5, 5.41) is 4.95. The maximum absolute atomic E-state index is 12.5. The third-order valence-electron chi connectivity index (χ3n) is 3.98. The van der Waals surface area contributed by atoms with Gasteiger partial charge in [0.25, 0.3) is 0 Å². The molecule has 0 unspecified atom stereocenters. The summed E-state index contributed by atoms with van der Waals surface area (Å²) in [6, 6.07) is 7.92. The summed E-state index contributed by atoms with van der Waals surface area (Å²) in [4.78, 5) is 35.8. The molecule has 0 spiro atoms. The van der Waals surface area contributed by atoms with Gasteiger partial charge in [0.05, 0.1) is 20.1 Å². The Balaban J connectivity index is 2.29. The van der Waals surface area contributed by atoms with E-state index in [4.69, 9.17) is 4.74 Å². The first-order valence-electron chi connectivity index (χ1n) is 8.74. The Kier molecular flexibility index (Phi) is 7.55. The Morgan fingerprint density at radius 1 is 1.07 bits per heavy atom. The van der Waals surface area contributed by atoms with Gasteiger partial charge in [-0.1, -0.05) is 31.2 Å². The van der Waals surface area contributed by atoms with Crippen molar-refractivity contribution in [3.8, 4) is 11.1 Å². The Morgan fingerprint density at radius 3 is 2.37 bits per heavy atom. The van der Waals surface area contributed by atoms with Crippen molar-refractivity contribution in [2.75, 3.05) is 19.0 Å². The number of hydrogen-bond acceptors (Lipinski definition) is 6. The van der Waals surface area contributed by atoms with E-state index in [2.05, 4.69) is 17.0 Å². The van der Waals surface area contributed by atoms with Gasteiger partial charge in [-0.3, -0.25) is 9.59 Å². The van der Waals surface area contributed by atoms with Crippen molar-refractivity contribution in [2.24, 2.45) is 0 Å². The summed E-state index contributed by atoms with van der Waals surface area (Å²) in [6.45, 7) is 4.04. The predicted octanol–water partition coefficient (Wildman–Crippen LogP) is 4.05. The van der Waals surface area contributed by atoms with Crippen LogP contribution >= 0.6 is 11.3 Å². The summed E-state index contributed by atoms with van der Waals surface area (Å²) in [7, 11) is 1.27. The lowest BCUT2D eigenvalue weighted by Crippen LogP contribution is -2.16. The van der Waals surface area contributed by atoms with Crippen molar-refractivity contribution < 1.29 is 23.9 Å². The molecule has 6 nitrogen and oxygen atoms in total. The average Bonchev–Trinajstić information content (AvgIpc) is 3.09. The van der Waals surface area contributed by atoms with Crippen LogP contribution in [0.4, 0.5) is 5.00 Å². The summed E-state index contributed by atoms with van der Waals surface area (Å²) in [5.74, 6) is -1.31. The molecule has 0 fully saturated rings. The zero-order valence-electron chi connectivity index (χ0n) is 15.7. The third kappa shape index (κ3) is 5.40. The predicted molar refractivity (Wildman–Crippen MR) is 105 cm³/mol. The fourth-order valence-electron chi connectivity index (χ4n) is 2.50. The molecule has 1 heterocycles. The molecule has 0 radical (unpaired) electrons. The number of rotatable bonds is 8. The summed E-state index contributed by atoms with van der Waals surface area (Å²) < 4.78 is 9.71. The molecule has 7 heteroatoms. The van der Waals surface area contributed by atoms with Crippen LogP contribution in [0.15, 0.2) is 29.6 Å². The molecule has 0 saturated carbocycles. The van der Waals surface area contributed by atoms with E-state index in [-0.39, 0.29) is 25.4 Å². The molecule has 0 aliphatic heterocycles. The Labute approximate surface area is 162 Å². The SMILES string of the molecule is CCOC(=O)c1c(-c2ccc(CC)cc2)csc1NC(=O)CCC(=O)OC.